The van der Waals surface area contributed by atoms with Gasteiger partial charge in [0, 0.05) is 49.2 Å². The van der Waals surface area contributed by atoms with Gasteiger partial charge in [0.15, 0.2) is 0 Å². The lowest BCUT2D eigenvalue weighted by Gasteiger charge is -2.32. The van der Waals surface area contributed by atoms with E-state index in [1.807, 2.05) is 14.0 Å². The molecule has 6 nitrogen and oxygen atoms in total. The molecule has 1 aliphatic heterocycles. The number of likely N-dealkylation sites (N-methyl/N-ethyl adjacent to an activating group) is 1. The molecule has 1 heterocycles. The highest BCUT2D eigenvalue weighted by atomic mass is 16.5. The number of benzene rings is 2. The Balaban J connectivity index is 1.67. The lowest BCUT2D eigenvalue weighted by molar-refractivity contribution is -0.120. The molecule has 0 radical (unpaired) electrons. The Hall–Kier alpha value is -2.73. The molecule has 6 heteroatoms. The number of hydrogen-bond acceptors (Lipinski definition) is 5. The number of carbonyl (C=O) groups is 1. The summed E-state index contributed by atoms with van der Waals surface area (Å²) in [6, 6.07) is 13.6. The molecular formula is C24H33N3O3. The summed E-state index contributed by atoms with van der Waals surface area (Å²) < 4.78 is 10.6. The first-order valence-electron chi connectivity index (χ1n) is 10.6. The van der Waals surface area contributed by atoms with Gasteiger partial charge in [0.1, 0.15) is 11.5 Å². The van der Waals surface area contributed by atoms with E-state index in [1.165, 1.54) is 30.5 Å². The van der Waals surface area contributed by atoms with Crippen molar-refractivity contribution in [1.29, 1.82) is 0 Å². The smallest absolute Gasteiger partial charge is 0.241 e. The summed E-state index contributed by atoms with van der Waals surface area (Å²) in [4.78, 5) is 17.4. The number of methoxy groups -OCH3 is 2. The number of nitrogens with zero attached hydrogens (tertiary/aromatic N) is 2. The molecule has 30 heavy (non-hydrogen) atoms. The Morgan fingerprint density at radius 2 is 1.70 bits per heavy atom. The Labute approximate surface area is 179 Å². The van der Waals surface area contributed by atoms with Crippen LogP contribution in [0.5, 0.6) is 11.5 Å². The highest BCUT2D eigenvalue weighted by molar-refractivity contribution is 5.94. The molecule has 1 unspecified atom stereocenters. The minimum absolute atomic E-state index is 0.0664. The average molecular weight is 412 g/mol. The van der Waals surface area contributed by atoms with Gasteiger partial charge in [-0.1, -0.05) is 18.2 Å². The van der Waals surface area contributed by atoms with E-state index in [4.69, 9.17) is 9.47 Å². The van der Waals surface area contributed by atoms with Crippen molar-refractivity contribution in [1.82, 2.24) is 4.90 Å². The maximum Gasteiger partial charge on any atom is 0.241 e. The fourth-order valence-electron chi connectivity index (χ4n) is 3.82. The van der Waals surface area contributed by atoms with Gasteiger partial charge < -0.3 is 19.7 Å². The van der Waals surface area contributed by atoms with Gasteiger partial charge in [-0.25, -0.2) is 0 Å². The molecule has 1 saturated heterocycles. The number of nitrogens with one attached hydrogen (secondary N) is 1. The van der Waals surface area contributed by atoms with Crippen molar-refractivity contribution in [2.45, 2.75) is 38.8 Å². The van der Waals surface area contributed by atoms with Gasteiger partial charge in [-0.15, -0.1) is 0 Å². The molecule has 1 amide bonds. The van der Waals surface area contributed by atoms with E-state index >= 15 is 0 Å². The van der Waals surface area contributed by atoms with Gasteiger partial charge in [-0.05, 0) is 44.9 Å². The first-order chi connectivity index (χ1) is 14.5. The van der Waals surface area contributed by atoms with Crippen molar-refractivity contribution in [3.8, 4) is 11.5 Å². The second-order valence-corrected chi connectivity index (χ2v) is 7.86. The zero-order valence-corrected chi connectivity index (χ0v) is 18.5. The molecule has 0 saturated carbocycles. The van der Waals surface area contributed by atoms with Crippen LogP contribution in [0.3, 0.4) is 0 Å². The van der Waals surface area contributed by atoms with E-state index in [-0.39, 0.29) is 11.9 Å². The van der Waals surface area contributed by atoms with Crippen LogP contribution < -0.4 is 19.7 Å². The second kappa shape index (κ2) is 10.3. The summed E-state index contributed by atoms with van der Waals surface area (Å²) in [6.45, 7) is 4.85. The minimum atomic E-state index is -0.295. The van der Waals surface area contributed by atoms with Gasteiger partial charge in [0.05, 0.1) is 20.3 Å². The molecule has 1 aliphatic rings. The summed E-state index contributed by atoms with van der Waals surface area (Å²) >= 11 is 0. The first kappa shape index (κ1) is 22.0. The second-order valence-electron chi connectivity index (χ2n) is 7.86. The summed E-state index contributed by atoms with van der Waals surface area (Å²) in [5.41, 5.74) is 3.20. The number of amides is 1. The maximum atomic E-state index is 12.9. The van der Waals surface area contributed by atoms with Crippen LogP contribution >= 0.6 is 0 Å². The number of ether oxygens (including phenoxy) is 2. The van der Waals surface area contributed by atoms with Crippen LogP contribution in [0.25, 0.3) is 0 Å². The summed E-state index contributed by atoms with van der Waals surface area (Å²) in [5.74, 6) is 1.21. The topological polar surface area (TPSA) is 54.0 Å². The van der Waals surface area contributed by atoms with Gasteiger partial charge in [0.2, 0.25) is 5.91 Å². The Bertz CT molecular complexity index is 827. The number of rotatable bonds is 8. The van der Waals surface area contributed by atoms with E-state index in [2.05, 4.69) is 39.4 Å². The lowest BCUT2D eigenvalue weighted by Crippen LogP contribution is -2.39. The molecule has 1 N–H and O–H groups in total. The number of hydrogen-bond donors (Lipinski definition) is 1. The molecule has 0 bridgehead atoms. The molecule has 2 aromatic rings. The Kier molecular flexibility index (Phi) is 7.57. The molecule has 0 aliphatic carbocycles. The van der Waals surface area contributed by atoms with Crippen molar-refractivity contribution < 1.29 is 14.3 Å². The fourth-order valence-corrected chi connectivity index (χ4v) is 3.82. The van der Waals surface area contributed by atoms with Gasteiger partial charge in [0.25, 0.3) is 0 Å². The molecule has 2 aromatic carbocycles. The number of anilines is 2. The Morgan fingerprint density at radius 3 is 2.33 bits per heavy atom. The SMILES string of the molecule is COc1cc(NC(=O)C(C)N(C)Cc2ccccc2N2CCCCC2)cc(OC)c1. The molecule has 3 rings (SSSR count). The van der Waals surface area contributed by atoms with Crippen LogP contribution in [0.15, 0.2) is 42.5 Å². The number of piperidine rings is 1. The van der Waals surface area contributed by atoms with Crippen molar-refractivity contribution in [2.24, 2.45) is 0 Å². The van der Waals surface area contributed by atoms with E-state index in [0.29, 0.717) is 23.7 Å². The normalized spacial score (nSPS) is 15.0. The highest BCUT2D eigenvalue weighted by Crippen LogP contribution is 2.27. The molecule has 1 atom stereocenters. The largest absolute Gasteiger partial charge is 0.497 e. The van der Waals surface area contributed by atoms with Crippen LogP contribution in [0.1, 0.15) is 31.7 Å². The van der Waals surface area contributed by atoms with Crippen LogP contribution in [-0.2, 0) is 11.3 Å². The highest BCUT2D eigenvalue weighted by Gasteiger charge is 2.21. The third-order valence-electron chi connectivity index (χ3n) is 5.77. The van der Waals surface area contributed by atoms with Crippen molar-refractivity contribution in [3.63, 3.8) is 0 Å². The van der Waals surface area contributed by atoms with Gasteiger partial charge in [-0.3, -0.25) is 9.69 Å². The summed E-state index contributed by atoms with van der Waals surface area (Å²) in [7, 11) is 5.18. The molecule has 1 fully saturated rings. The van der Waals surface area contributed by atoms with Crippen LogP contribution in [-0.4, -0.2) is 51.2 Å². The fraction of sp³-hybridized carbons (Fsp3) is 0.458. The van der Waals surface area contributed by atoms with Crippen molar-refractivity contribution in [2.75, 3.05) is 44.6 Å². The predicted molar refractivity (Wildman–Crippen MR) is 122 cm³/mol. The van der Waals surface area contributed by atoms with E-state index < -0.39 is 0 Å². The zero-order chi connectivity index (χ0) is 21.5. The Morgan fingerprint density at radius 1 is 1.07 bits per heavy atom. The monoisotopic (exact) mass is 411 g/mol. The number of carbonyl (C=O) groups excluding carboxylic acids is 1. The van der Waals surface area contributed by atoms with Gasteiger partial charge >= 0.3 is 0 Å². The van der Waals surface area contributed by atoms with Crippen LogP contribution in [0.4, 0.5) is 11.4 Å². The van der Waals surface area contributed by atoms with Crippen LogP contribution in [0, 0.1) is 0 Å². The lowest BCUT2D eigenvalue weighted by atomic mass is 10.1. The number of para-hydroxylation sites is 1. The predicted octanol–water partition coefficient (Wildman–Crippen LogP) is 4.15. The molecule has 162 valence electrons. The third kappa shape index (κ3) is 5.45. The van der Waals surface area contributed by atoms with E-state index in [9.17, 15) is 4.79 Å². The van der Waals surface area contributed by atoms with Gasteiger partial charge in [-0.2, -0.15) is 0 Å². The standard InChI is InChI=1S/C24H33N3O3/c1-18(24(28)25-20-14-21(29-3)16-22(15-20)30-4)26(2)17-19-10-6-7-11-23(19)27-12-8-5-9-13-27/h6-7,10-11,14-16,18H,5,8-9,12-13,17H2,1-4H3,(H,25,28). The minimum Gasteiger partial charge on any atom is -0.497 e. The quantitative estimate of drug-likeness (QED) is 0.707. The van der Waals surface area contributed by atoms with E-state index in [1.54, 1.807) is 32.4 Å². The van der Waals surface area contributed by atoms with Crippen LogP contribution in [0.2, 0.25) is 0 Å². The summed E-state index contributed by atoms with van der Waals surface area (Å²) in [5, 5.41) is 2.98. The van der Waals surface area contributed by atoms with Crippen molar-refractivity contribution >= 4 is 17.3 Å². The first-order valence-corrected chi connectivity index (χ1v) is 10.6. The maximum absolute atomic E-state index is 12.9. The molecular weight excluding hydrogens is 378 g/mol. The third-order valence-corrected chi connectivity index (χ3v) is 5.77. The molecule has 0 aromatic heterocycles. The van der Waals surface area contributed by atoms with Crippen molar-refractivity contribution in [3.05, 3.63) is 48.0 Å². The summed E-state index contributed by atoms with van der Waals surface area (Å²) in [6.07, 6.45) is 3.80. The molecule has 0 spiro atoms. The van der Waals surface area contributed by atoms with E-state index in [0.717, 1.165) is 13.1 Å². The average Bonchev–Trinajstić information content (AvgIpc) is 2.79. The zero-order valence-electron chi connectivity index (χ0n) is 18.5.